The van der Waals surface area contributed by atoms with Gasteiger partial charge >= 0.3 is 12.3 Å². The van der Waals surface area contributed by atoms with Gasteiger partial charge in [-0.15, -0.1) is 11.8 Å². The van der Waals surface area contributed by atoms with Crippen molar-refractivity contribution in [3.8, 4) is 0 Å². The van der Waals surface area contributed by atoms with Crippen molar-refractivity contribution in [2.75, 3.05) is 6.54 Å². The SMILES string of the molecule is O=C(O)NCC1CCC(Sc2cccc(C(F)(F)F)c2)CC1. The van der Waals surface area contributed by atoms with Crippen LogP contribution in [0.1, 0.15) is 31.2 Å². The van der Waals surface area contributed by atoms with Crippen molar-refractivity contribution in [3.05, 3.63) is 29.8 Å². The molecule has 0 aliphatic heterocycles. The molecule has 1 aromatic carbocycles. The average molecular weight is 333 g/mol. The van der Waals surface area contributed by atoms with E-state index in [2.05, 4.69) is 5.32 Å². The van der Waals surface area contributed by atoms with Crippen molar-refractivity contribution in [1.29, 1.82) is 0 Å². The van der Waals surface area contributed by atoms with Crippen LogP contribution in [0.15, 0.2) is 29.2 Å². The van der Waals surface area contributed by atoms with Gasteiger partial charge in [0, 0.05) is 16.7 Å². The van der Waals surface area contributed by atoms with Gasteiger partial charge in [-0.05, 0) is 49.8 Å². The average Bonchev–Trinajstić information content (AvgIpc) is 2.46. The minimum Gasteiger partial charge on any atom is -0.465 e. The summed E-state index contributed by atoms with van der Waals surface area (Å²) in [5.74, 6) is 0.328. The van der Waals surface area contributed by atoms with Gasteiger partial charge in [0.1, 0.15) is 0 Å². The smallest absolute Gasteiger partial charge is 0.416 e. The van der Waals surface area contributed by atoms with Crippen LogP contribution < -0.4 is 5.32 Å². The van der Waals surface area contributed by atoms with Crippen LogP contribution in [0.25, 0.3) is 0 Å². The molecular formula is C15H18F3NO2S. The number of carbonyl (C=O) groups is 1. The Bertz CT molecular complexity index is 514. The number of thioether (sulfide) groups is 1. The number of alkyl halides is 3. The summed E-state index contributed by atoms with van der Waals surface area (Å²) in [4.78, 5) is 11.1. The topological polar surface area (TPSA) is 49.3 Å². The molecule has 2 N–H and O–H groups in total. The summed E-state index contributed by atoms with van der Waals surface area (Å²) in [7, 11) is 0. The molecule has 1 saturated carbocycles. The molecule has 7 heteroatoms. The molecule has 1 aliphatic carbocycles. The molecule has 122 valence electrons. The predicted octanol–water partition coefficient (Wildman–Crippen LogP) is 4.62. The first-order chi connectivity index (χ1) is 10.3. The second-order valence-corrected chi connectivity index (χ2v) is 6.85. The Hall–Kier alpha value is -1.37. The van der Waals surface area contributed by atoms with Gasteiger partial charge in [0.15, 0.2) is 0 Å². The number of amides is 1. The lowest BCUT2D eigenvalue weighted by molar-refractivity contribution is -0.137. The zero-order chi connectivity index (χ0) is 16.2. The van der Waals surface area contributed by atoms with Crippen molar-refractivity contribution in [2.45, 2.75) is 42.0 Å². The number of hydrogen-bond donors (Lipinski definition) is 2. The van der Waals surface area contributed by atoms with Crippen LogP contribution >= 0.6 is 11.8 Å². The highest BCUT2D eigenvalue weighted by molar-refractivity contribution is 8.00. The lowest BCUT2D eigenvalue weighted by Crippen LogP contribution is -2.30. The highest BCUT2D eigenvalue weighted by Crippen LogP contribution is 2.38. The molecule has 0 atom stereocenters. The van der Waals surface area contributed by atoms with Gasteiger partial charge in [0.25, 0.3) is 0 Å². The van der Waals surface area contributed by atoms with Gasteiger partial charge < -0.3 is 10.4 Å². The zero-order valence-electron chi connectivity index (χ0n) is 11.9. The van der Waals surface area contributed by atoms with Crippen molar-refractivity contribution >= 4 is 17.9 Å². The predicted molar refractivity (Wildman–Crippen MR) is 79.1 cm³/mol. The maximum absolute atomic E-state index is 12.7. The van der Waals surface area contributed by atoms with E-state index < -0.39 is 17.8 Å². The number of hydrogen-bond acceptors (Lipinski definition) is 2. The molecule has 0 saturated heterocycles. The van der Waals surface area contributed by atoms with E-state index in [9.17, 15) is 18.0 Å². The maximum Gasteiger partial charge on any atom is 0.416 e. The molecule has 22 heavy (non-hydrogen) atoms. The van der Waals surface area contributed by atoms with Crippen LogP contribution in [-0.4, -0.2) is 23.0 Å². The van der Waals surface area contributed by atoms with E-state index in [1.165, 1.54) is 23.9 Å². The Kier molecular flexibility index (Phi) is 5.61. The number of carboxylic acid groups (broad SMARTS) is 1. The van der Waals surface area contributed by atoms with E-state index in [0.717, 1.165) is 31.7 Å². The molecule has 1 fully saturated rings. The molecule has 3 nitrogen and oxygen atoms in total. The largest absolute Gasteiger partial charge is 0.465 e. The standard InChI is InChI=1S/C15H18F3NO2S/c16-15(17,18)11-2-1-3-13(8-11)22-12-6-4-10(5-7-12)9-19-14(20)21/h1-3,8,10,12,19H,4-7,9H2,(H,20,21). The van der Waals surface area contributed by atoms with Gasteiger partial charge in [0.2, 0.25) is 0 Å². The van der Waals surface area contributed by atoms with Crippen molar-refractivity contribution in [3.63, 3.8) is 0 Å². The summed E-state index contributed by atoms with van der Waals surface area (Å²) in [6.07, 6.45) is -1.73. The van der Waals surface area contributed by atoms with Crippen molar-refractivity contribution in [2.24, 2.45) is 5.92 Å². The monoisotopic (exact) mass is 333 g/mol. The molecule has 0 heterocycles. The number of halogens is 3. The summed E-state index contributed by atoms with van der Waals surface area (Å²) in [5.41, 5.74) is -0.614. The minimum absolute atomic E-state index is 0.296. The normalized spacial score (nSPS) is 22.3. The number of rotatable bonds is 4. The van der Waals surface area contributed by atoms with Gasteiger partial charge in [-0.25, -0.2) is 4.79 Å². The number of nitrogens with one attached hydrogen (secondary N) is 1. The van der Waals surface area contributed by atoms with Crippen LogP contribution in [0.3, 0.4) is 0 Å². The molecule has 1 amide bonds. The fourth-order valence-electron chi connectivity index (χ4n) is 2.62. The van der Waals surface area contributed by atoms with E-state index >= 15 is 0 Å². The van der Waals surface area contributed by atoms with E-state index in [0.29, 0.717) is 22.6 Å². The molecule has 0 radical (unpaired) electrons. The maximum atomic E-state index is 12.7. The van der Waals surface area contributed by atoms with E-state index in [-0.39, 0.29) is 0 Å². The summed E-state index contributed by atoms with van der Waals surface area (Å²) < 4.78 is 38.1. The first kappa shape index (κ1) is 17.0. The Labute approximate surface area is 131 Å². The van der Waals surface area contributed by atoms with Crippen LogP contribution in [0.2, 0.25) is 0 Å². The summed E-state index contributed by atoms with van der Waals surface area (Å²) in [5, 5.41) is 11.3. The van der Waals surface area contributed by atoms with E-state index in [1.807, 2.05) is 0 Å². The molecule has 1 aliphatic rings. The molecule has 2 rings (SSSR count). The van der Waals surface area contributed by atoms with Crippen LogP contribution in [0, 0.1) is 5.92 Å². The molecular weight excluding hydrogens is 315 g/mol. The zero-order valence-corrected chi connectivity index (χ0v) is 12.7. The van der Waals surface area contributed by atoms with E-state index in [1.54, 1.807) is 6.07 Å². The Morgan fingerprint density at radius 1 is 1.27 bits per heavy atom. The van der Waals surface area contributed by atoms with Crippen molar-refractivity contribution in [1.82, 2.24) is 5.32 Å². The minimum atomic E-state index is -4.31. The highest BCUT2D eigenvalue weighted by Gasteiger charge is 2.30. The highest BCUT2D eigenvalue weighted by atomic mass is 32.2. The third-order valence-electron chi connectivity index (χ3n) is 3.80. The first-order valence-electron chi connectivity index (χ1n) is 7.15. The number of benzene rings is 1. The molecule has 0 bridgehead atoms. The summed E-state index contributed by atoms with van der Waals surface area (Å²) in [6, 6.07) is 5.42. The Morgan fingerprint density at radius 2 is 1.95 bits per heavy atom. The first-order valence-corrected chi connectivity index (χ1v) is 8.03. The van der Waals surface area contributed by atoms with Gasteiger partial charge in [-0.3, -0.25) is 0 Å². The third kappa shape index (κ3) is 5.12. The molecule has 0 unspecified atom stereocenters. The van der Waals surface area contributed by atoms with Crippen molar-refractivity contribution < 1.29 is 23.1 Å². The molecule has 1 aromatic rings. The second kappa shape index (κ2) is 7.26. The lowest BCUT2D eigenvalue weighted by Gasteiger charge is -2.28. The Morgan fingerprint density at radius 3 is 2.55 bits per heavy atom. The van der Waals surface area contributed by atoms with Crippen LogP contribution in [-0.2, 0) is 6.18 Å². The lowest BCUT2D eigenvalue weighted by atomic mass is 9.89. The van der Waals surface area contributed by atoms with Gasteiger partial charge in [-0.2, -0.15) is 13.2 Å². The molecule has 0 spiro atoms. The van der Waals surface area contributed by atoms with E-state index in [4.69, 9.17) is 5.11 Å². The fraction of sp³-hybridized carbons (Fsp3) is 0.533. The van der Waals surface area contributed by atoms with Gasteiger partial charge in [0.05, 0.1) is 5.56 Å². The fourth-order valence-corrected chi connectivity index (χ4v) is 3.87. The quantitative estimate of drug-likeness (QED) is 0.845. The van der Waals surface area contributed by atoms with Crippen LogP contribution in [0.4, 0.5) is 18.0 Å². The van der Waals surface area contributed by atoms with Crippen LogP contribution in [0.5, 0.6) is 0 Å². The summed E-state index contributed by atoms with van der Waals surface area (Å²) >= 11 is 1.48. The molecule has 0 aromatic heterocycles. The Balaban J connectivity index is 1.85. The third-order valence-corrected chi connectivity index (χ3v) is 5.13. The van der Waals surface area contributed by atoms with Gasteiger partial charge in [-0.1, -0.05) is 6.07 Å². The summed E-state index contributed by atoms with van der Waals surface area (Å²) in [6.45, 7) is 0.455. The second-order valence-electron chi connectivity index (χ2n) is 5.47.